The van der Waals surface area contributed by atoms with Crippen molar-refractivity contribution < 1.29 is 31.1 Å². The Balaban J connectivity index is 2.03. The molecule has 0 radical (unpaired) electrons. The second kappa shape index (κ2) is 5.60. The molecule has 0 amide bonds. The Morgan fingerprint density at radius 3 is 2.32 bits per heavy atom. The van der Waals surface area contributed by atoms with E-state index in [1.54, 1.807) is 0 Å². The number of rotatable bonds is 3. The summed E-state index contributed by atoms with van der Waals surface area (Å²) in [5, 5.41) is 10.1. The molecule has 3 aromatic rings. The van der Waals surface area contributed by atoms with Crippen LogP contribution in [0.15, 0.2) is 30.3 Å². The maximum atomic E-state index is 13.9. The van der Waals surface area contributed by atoms with E-state index in [1.807, 2.05) is 0 Å². The second-order valence-electron chi connectivity index (χ2n) is 5.07. The SMILES string of the molecule is CC(F)(F)Oc1ccc(-c2ccc3nnc(C(F)(F)F)n3n2)cc1F. The van der Waals surface area contributed by atoms with Crippen LogP contribution in [0.2, 0.25) is 0 Å². The minimum atomic E-state index is -4.78. The number of aromatic nitrogens is 4. The summed E-state index contributed by atoms with van der Waals surface area (Å²) < 4.78 is 82.6. The van der Waals surface area contributed by atoms with Crippen LogP contribution in [-0.2, 0) is 6.18 Å². The molecule has 0 atom stereocenters. The summed E-state index contributed by atoms with van der Waals surface area (Å²) in [6.07, 6.45) is -8.36. The van der Waals surface area contributed by atoms with Gasteiger partial charge in [-0.3, -0.25) is 0 Å². The first-order valence-corrected chi connectivity index (χ1v) is 6.71. The molecule has 0 N–H and O–H groups in total. The summed E-state index contributed by atoms with van der Waals surface area (Å²) in [6.45, 7) is 0.445. The Labute approximate surface area is 135 Å². The highest BCUT2D eigenvalue weighted by molar-refractivity contribution is 5.61. The van der Waals surface area contributed by atoms with Gasteiger partial charge in [0.25, 0.3) is 5.82 Å². The van der Waals surface area contributed by atoms with Crippen molar-refractivity contribution in [3.63, 3.8) is 0 Å². The second-order valence-corrected chi connectivity index (χ2v) is 5.07. The van der Waals surface area contributed by atoms with Crippen LogP contribution in [-0.4, -0.2) is 25.9 Å². The maximum Gasteiger partial charge on any atom is 0.453 e. The first-order chi connectivity index (χ1) is 11.5. The van der Waals surface area contributed by atoms with E-state index in [2.05, 4.69) is 20.0 Å². The van der Waals surface area contributed by atoms with Crippen LogP contribution >= 0.6 is 0 Å². The molecule has 0 unspecified atom stereocenters. The molecule has 11 heteroatoms. The van der Waals surface area contributed by atoms with Gasteiger partial charge in [0.05, 0.1) is 5.69 Å². The normalized spacial score (nSPS) is 12.6. The molecule has 0 aliphatic rings. The lowest BCUT2D eigenvalue weighted by atomic mass is 10.1. The van der Waals surface area contributed by atoms with E-state index in [0.29, 0.717) is 11.4 Å². The Morgan fingerprint density at radius 2 is 1.72 bits per heavy atom. The molecular formula is C14H8F6N4O. The predicted molar refractivity (Wildman–Crippen MR) is 72.4 cm³/mol. The van der Waals surface area contributed by atoms with E-state index in [-0.39, 0.29) is 16.9 Å². The highest BCUT2D eigenvalue weighted by Crippen LogP contribution is 2.30. The zero-order valence-corrected chi connectivity index (χ0v) is 12.4. The topological polar surface area (TPSA) is 52.3 Å². The lowest BCUT2D eigenvalue weighted by Crippen LogP contribution is -2.19. The van der Waals surface area contributed by atoms with Crippen LogP contribution in [0.5, 0.6) is 5.75 Å². The van der Waals surface area contributed by atoms with Crippen molar-refractivity contribution in [3.05, 3.63) is 42.0 Å². The summed E-state index contributed by atoms with van der Waals surface area (Å²) in [5.74, 6) is -3.14. The largest absolute Gasteiger partial charge is 0.453 e. The highest BCUT2D eigenvalue weighted by atomic mass is 19.4. The van der Waals surface area contributed by atoms with Crippen molar-refractivity contribution in [2.75, 3.05) is 0 Å². The number of alkyl halides is 5. The first kappa shape index (κ1) is 17.0. The van der Waals surface area contributed by atoms with Gasteiger partial charge >= 0.3 is 12.3 Å². The van der Waals surface area contributed by atoms with Gasteiger partial charge < -0.3 is 4.74 Å². The number of halogens is 6. The molecule has 0 saturated heterocycles. The van der Waals surface area contributed by atoms with Crippen LogP contribution in [0.4, 0.5) is 26.3 Å². The smallest absolute Gasteiger partial charge is 0.430 e. The van der Waals surface area contributed by atoms with Crippen molar-refractivity contribution in [2.45, 2.75) is 19.2 Å². The average Bonchev–Trinajstić information content (AvgIpc) is 2.91. The van der Waals surface area contributed by atoms with Gasteiger partial charge in [-0.1, -0.05) is 0 Å². The fourth-order valence-electron chi connectivity index (χ4n) is 2.06. The first-order valence-electron chi connectivity index (χ1n) is 6.71. The number of hydrogen-bond donors (Lipinski definition) is 0. The summed E-state index contributed by atoms with van der Waals surface area (Å²) in [4.78, 5) is 0. The molecule has 0 saturated carbocycles. The van der Waals surface area contributed by atoms with E-state index in [0.717, 1.165) is 12.1 Å². The standard InChI is InChI=1S/C14H8F6N4O/c1-13(16,17)25-10-4-2-7(6-8(10)15)9-3-5-11-21-22-12(14(18,19)20)24(11)23-9/h2-6H,1H3. The molecular weight excluding hydrogens is 354 g/mol. The summed E-state index contributed by atoms with van der Waals surface area (Å²) in [7, 11) is 0. The van der Waals surface area contributed by atoms with E-state index >= 15 is 0 Å². The predicted octanol–water partition coefficient (Wildman–Crippen LogP) is 3.94. The van der Waals surface area contributed by atoms with Gasteiger partial charge in [0.1, 0.15) is 0 Å². The number of fused-ring (bicyclic) bond motifs is 1. The average molecular weight is 362 g/mol. The Morgan fingerprint density at radius 1 is 1.00 bits per heavy atom. The lowest BCUT2D eigenvalue weighted by molar-refractivity contribution is -0.160. The molecule has 0 aliphatic carbocycles. The third kappa shape index (κ3) is 3.49. The third-order valence-corrected chi connectivity index (χ3v) is 3.03. The molecule has 2 aromatic heterocycles. The van der Waals surface area contributed by atoms with Gasteiger partial charge in [0, 0.05) is 12.5 Å². The minimum absolute atomic E-state index is 0.0356. The molecule has 0 fully saturated rings. The van der Waals surface area contributed by atoms with Crippen molar-refractivity contribution in [2.24, 2.45) is 0 Å². The van der Waals surface area contributed by atoms with E-state index in [1.165, 1.54) is 18.2 Å². The Hall–Kier alpha value is -2.85. The summed E-state index contributed by atoms with van der Waals surface area (Å²) in [5.41, 5.74) is -0.123. The molecule has 2 heterocycles. The van der Waals surface area contributed by atoms with Crippen molar-refractivity contribution in [3.8, 4) is 17.0 Å². The van der Waals surface area contributed by atoms with Gasteiger partial charge in [0.15, 0.2) is 17.2 Å². The molecule has 3 rings (SSSR count). The molecule has 0 bridgehead atoms. The molecule has 0 aliphatic heterocycles. The number of hydrogen-bond acceptors (Lipinski definition) is 4. The Bertz CT molecular complexity index is 931. The van der Waals surface area contributed by atoms with Crippen LogP contribution in [0, 0.1) is 5.82 Å². The van der Waals surface area contributed by atoms with Gasteiger partial charge in [0.2, 0.25) is 0 Å². The van der Waals surface area contributed by atoms with E-state index < -0.39 is 29.7 Å². The summed E-state index contributed by atoms with van der Waals surface area (Å²) in [6, 6.07) is 5.47. The minimum Gasteiger partial charge on any atom is -0.430 e. The van der Waals surface area contributed by atoms with Crippen LogP contribution < -0.4 is 4.74 Å². The summed E-state index contributed by atoms with van der Waals surface area (Å²) >= 11 is 0. The van der Waals surface area contributed by atoms with Crippen molar-refractivity contribution >= 4 is 5.65 Å². The Kier molecular flexibility index (Phi) is 3.81. The zero-order valence-electron chi connectivity index (χ0n) is 12.4. The van der Waals surface area contributed by atoms with Crippen LogP contribution in [0.1, 0.15) is 12.7 Å². The number of ether oxygens (including phenoxy) is 1. The van der Waals surface area contributed by atoms with Crippen molar-refractivity contribution in [1.29, 1.82) is 0 Å². The van der Waals surface area contributed by atoms with Gasteiger partial charge in [-0.05, 0) is 30.3 Å². The molecule has 132 valence electrons. The monoisotopic (exact) mass is 362 g/mol. The molecule has 0 spiro atoms. The third-order valence-electron chi connectivity index (χ3n) is 3.03. The van der Waals surface area contributed by atoms with E-state index in [4.69, 9.17) is 0 Å². The van der Waals surface area contributed by atoms with Gasteiger partial charge in [-0.25, -0.2) is 4.39 Å². The highest BCUT2D eigenvalue weighted by Gasteiger charge is 2.37. The van der Waals surface area contributed by atoms with Crippen molar-refractivity contribution in [1.82, 2.24) is 19.8 Å². The van der Waals surface area contributed by atoms with Crippen LogP contribution in [0.3, 0.4) is 0 Å². The number of nitrogens with zero attached hydrogens (tertiary/aromatic N) is 4. The fraction of sp³-hybridized carbons (Fsp3) is 0.214. The maximum absolute atomic E-state index is 13.9. The molecule has 5 nitrogen and oxygen atoms in total. The molecule has 1 aromatic carbocycles. The fourth-order valence-corrected chi connectivity index (χ4v) is 2.06. The van der Waals surface area contributed by atoms with Gasteiger partial charge in [-0.2, -0.15) is 31.6 Å². The quantitative estimate of drug-likeness (QED) is 0.663. The van der Waals surface area contributed by atoms with Gasteiger partial charge in [-0.15, -0.1) is 10.2 Å². The van der Waals surface area contributed by atoms with E-state index in [9.17, 15) is 26.3 Å². The lowest BCUT2D eigenvalue weighted by Gasteiger charge is -2.14. The number of benzene rings is 1. The molecule has 25 heavy (non-hydrogen) atoms. The zero-order chi connectivity index (χ0) is 18.4. The van der Waals surface area contributed by atoms with Crippen LogP contribution in [0.25, 0.3) is 16.9 Å².